The number of amides is 2. The number of hydrogen-bond acceptors (Lipinski definition) is 5. The zero-order valence-electron chi connectivity index (χ0n) is 13.4. The number of carboxylic acid groups (broad SMARTS) is 2. The first-order valence-electron chi connectivity index (χ1n) is 7.67. The van der Waals surface area contributed by atoms with Crippen LogP contribution in [0.4, 0.5) is 11.4 Å². The third-order valence-corrected chi connectivity index (χ3v) is 3.97. The van der Waals surface area contributed by atoms with Gasteiger partial charge in [0.15, 0.2) is 0 Å². The number of nitrogens with zero attached hydrogens (tertiary/aromatic N) is 1. The molecule has 2 aromatic rings. The van der Waals surface area contributed by atoms with Crippen molar-refractivity contribution < 1.29 is 29.4 Å². The zero-order chi connectivity index (χ0) is 18.8. The number of benzene rings is 2. The number of nitrogens with one attached hydrogen (secondary N) is 1. The molecule has 1 atom stereocenters. The van der Waals surface area contributed by atoms with Crippen LogP contribution in [0, 0.1) is 0 Å². The van der Waals surface area contributed by atoms with Gasteiger partial charge in [-0.3, -0.25) is 9.59 Å². The highest BCUT2D eigenvalue weighted by Gasteiger charge is 2.39. The van der Waals surface area contributed by atoms with E-state index in [1.54, 1.807) is 6.07 Å². The maximum Gasteiger partial charge on any atom is 0.335 e. The molecular formula is C18H14N2O6. The van der Waals surface area contributed by atoms with Gasteiger partial charge in [-0.15, -0.1) is 0 Å². The molecule has 3 rings (SSSR count). The minimum Gasteiger partial charge on any atom is -0.478 e. The summed E-state index contributed by atoms with van der Waals surface area (Å²) in [4.78, 5) is 47.7. The first-order chi connectivity index (χ1) is 12.4. The molecule has 1 aliphatic heterocycles. The lowest BCUT2D eigenvalue weighted by atomic mass is 10.1. The third-order valence-electron chi connectivity index (χ3n) is 3.97. The van der Waals surface area contributed by atoms with Gasteiger partial charge >= 0.3 is 11.9 Å². The number of carbonyl (C=O) groups excluding carboxylic acids is 2. The number of aromatic carboxylic acids is 2. The summed E-state index contributed by atoms with van der Waals surface area (Å²) < 4.78 is 0. The van der Waals surface area contributed by atoms with Crippen molar-refractivity contribution in [1.82, 2.24) is 0 Å². The minimum atomic E-state index is -1.10. The van der Waals surface area contributed by atoms with Crippen LogP contribution in [0.15, 0.2) is 48.5 Å². The summed E-state index contributed by atoms with van der Waals surface area (Å²) >= 11 is 0. The predicted molar refractivity (Wildman–Crippen MR) is 91.3 cm³/mol. The Labute approximate surface area is 147 Å². The molecule has 0 bridgehead atoms. The highest BCUT2D eigenvalue weighted by molar-refractivity contribution is 6.23. The zero-order valence-corrected chi connectivity index (χ0v) is 13.4. The van der Waals surface area contributed by atoms with Gasteiger partial charge in [0.2, 0.25) is 5.91 Å². The van der Waals surface area contributed by atoms with Crippen molar-refractivity contribution in [1.29, 1.82) is 0 Å². The second-order valence-corrected chi connectivity index (χ2v) is 5.71. The van der Waals surface area contributed by atoms with E-state index in [-0.39, 0.29) is 23.2 Å². The Hall–Kier alpha value is -3.68. The average molecular weight is 354 g/mol. The normalized spacial score (nSPS) is 16.6. The molecule has 26 heavy (non-hydrogen) atoms. The van der Waals surface area contributed by atoms with Gasteiger partial charge in [0.25, 0.3) is 5.91 Å². The quantitative estimate of drug-likeness (QED) is 0.700. The molecule has 0 aromatic heterocycles. The first-order valence-corrected chi connectivity index (χ1v) is 7.67. The van der Waals surface area contributed by atoms with E-state index in [0.717, 1.165) is 4.90 Å². The molecular weight excluding hydrogens is 340 g/mol. The van der Waals surface area contributed by atoms with E-state index in [4.69, 9.17) is 10.2 Å². The molecule has 0 aliphatic carbocycles. The highest BCUT2D eigenvalue weighted by Crippen LogP contribution is 2.25. The third kappa shape index (κ3) is 3.25. The lowest BCUT2D eigenvalue weighted by molar-refractivity contribution is -0.121. The summed E-state index contributed by atoms with van der Waals surface area (Å²) in [6, 6.07) is 10.5. The molecule has 8 heteroatoms. The van der Waals surface area contributed by atoms with Crippen LogP contribution in [0.5, 0.6) is 0 Å². The Morgan fingerprint density at radius 3 is 2.23 bits per heavy atom. The largest absolute Gasteiger partial charge is 0.478 e. The van der Waals surface area contributed by atoms with Crippen molar-refractivity contribution in [3.05, 3.63) is 59.7 Å². The van der Waals surface area contributed by atoms with Crippen LogP contribution in [-0.2, 0) is 9.59 Å². The average Bonchev–Trinajstić information content (AvgIpc) is 2.89. The molecule has 8 nitrogen and oxygen atoms in total. The topological polar surface area (TPSA) is 124 Å². The van der Waals surface area contributed by atoms with Crippen LogP contribution in [0.3, 0.4) is 0 Å². The number of imide groups is 1. The maximum absolute atomic E-state index is 12.6. The van der Waals surface area contributed by atoms with Crippen LogP contribution < -0.4 is 10.2 Å². The SMILES string of the molecule is O=C(O)c1ccc(N2C(=O)C[C@H](Nc3cccc(C(=O)O)c3)C2=O)cc1. The van der Waals surface area contributed by atoms with Crippen LogP contribution in [0.25, 0.3) is 0 Å². The highest BCUT2D eigenvalue weighted by atomic mass is 16.4. The number of anilines is 2. The lowest BCUT2D eigenvalue weighted by Crippen LogP contribution is -2.34. The summed E-state index contributed by atoms with van der Waals surface area (Å²) in [6.45, 7) is 0. The Balaban J connectivity index is 1.79. The molecule has 2 aromatic carbocycles. The van der Waals surface area contributed by atoms with Gasteiger partial charge in [-0.25, -0.2) is 14.5 Å². The molecule has 1 saturated heterocycles. The molecule has 0 unspecified atom stereocenters. The van der Waals surface area contributed by atoms with Gasteiger partial charge in [-0.2, -0.15) is 0 Å². The van der Waals surface area contributed by atoms with Gasteiger partial charge in [0, 0.05) is 5.69 Å². The standard InChI is InChI=1S/C18H14N2O6/c21-15-9-14(19-12-3-1-2-11(8-12)18(25)26)16(22)20(15)13-6-4-10(5-7-13)17(23)24/h1-8,14,19H,9H2,(H,23,24)(H,25,26)/t14-/m0/s1. The number of hydrogen-bond donors (Lipinski definition) is 3. The number of carboxylic acids is 2. The van der Waals surface area contributed by atoms with Crippen molar-refractivity contribution in [2.45, 2.75) is 12.5 Å². The summed E-state index contributed by atoms with van der Waals surface area (Å²) in [5.41, 5.74) is 0.814. The van der Waals surface area contributed by atoms with E-state index in [2.05, 4.69) is 5.32 Å². The van der Waals surface area contributed by atoms with Crippen LogP contribution in [0.1, 0.15) is 27.1 Å². The molecule has 132 valence electrons. The number of rotatable bonds is 5. The fourth-order valence-electron chi connectivity index (χ4n) is 2.71. The smallest absolute Gasteiger partial charge is 0.335 e. The van der Waals surface area contributed by atoms with Gasteiger partial charge in [0.1, 0.15) is 6.04 Å². The van der Waals surface area contributed by atoms with Gasteiger partial charge in [0.05, 0.1) is 23.2 Å². The van der Waals surface area contributed by atoms with Crippen molar-refractivity contribution >= 4 is 35.1 Å². The van der Waals surface area contributed by atoms with Crippen molar-refractivity contribution in [3.63, 3.8) is 0 Å². The molecule has 3 N–H and O–H groups in total. The van der Waals surface area contributed by atoms with Crippen molar-refractivity contribution in [3.8, 4) is 0 Å². The first kappa shape index (κ1) is 17.2. The molecule has 1 aliphatic rings. The fourth-order valence-corrected chi connectivity index (χ4v) is 2.71. The van der Waals surface area contributed by atoms with Gasteiger partial charge < -0.3 is 15.5 Å². The molecule has 2 amide bonds. The maximum atomic E-state index is 12.6. The Bertz CT molecular complexity index is 906. The van der Waals surface area contributed by atoms with Crippen LogP contribution in [-0.4, -0.2) is 40.0 Å². The summed E-state index contributed by atoms with van der Waals surface area (Å²) in [6.07, 6.45) is -0.0865. The van der Waals surface area contributed by atoms with E-state index in [1.165, 1.54) is 42.5 Å². The van der Waals surface area contributed by atoms with E-state index in [9.17, 15) is 19.2 Å². The predicted octanol–water partition coefficient (Wildman–Crippen LogP) is 1.83. The fraction of sp³-hybridized carbons (Fsp3) is 0.111. The van der Waals surface area contributed by atoms with E-state index >= 15 is 0 Å². The summed E-state index contributed by atoms with van der Waals surface area (Å²) in [7, 11) is 0. The molecule has 1 fully saturated rings. The molecule has 0 spiro atoms. The second kappa shape index (κ2) is 6.67. The summed E-state index contributed by atoms with van der Waals surface area (Å²) in [5, 5.41) is 20.8. The summed E-state index contributed by atoms with van der Waals surface area (Å²) in [5.74, 6) is -3.11. The molecule has 0 saturated carbocycles. The van der Waals surface area contributed by atoms with Crippen LogP contribution in [0.2, 0.25) is 0 Å². The van der Waals surface area contributed by atoms with E-state index in [0.29, 0.717) is 5.69 Å². The van der Waals surface area contributed by atoms with Crippen molar-refractivity contribution in [2.24, 2.45) is 0 Å². The minimum absolute atomic E-state index is 0.0491. The van der Waals surface area contributed by atoms with Gasteiger partial charge in [-0.1, -0.05) is 6.07 Å². The van der Waals surface area contributed by atoms with Crippen LogP contribution >= 0.6 is 0 Å². The van der Waals surface area contributed by atoms with Gasteiger partial charge in [-0.05, 0) is 42.5 Å². The van der Waals surface area contributed by atoms with E-state index < -0.39 is 29.8 Å². The Morgan fingerprint density at radius 2 is 1.62 bits per heavy atom. The second-order valence-electron chi connectivity index (χ2n) is 5.71. The van der Waals surface area contributed by atoms with E-state index in [1.807, 2.05) is 0 Å². The molecule has 0 radical (unpaired) electrons. The number of carbonyl (C=O) groups is 4. The monoisotopic (exact) mass is 354 g/mol. The molecule has 1 heterocycles. The van der Waals surface area contributed by atoms with Crippen molar-refractivity contribution in [2.75, 3.05) is 10.2 Å². The Kier molecular flexibility index (Phi) is 4.40. The Morgan fingerprint density at radius 1 is 0.962 bits per heavy atom. The lowest BCUT2D eigenvalue weighted by Gasteiger charge is -2.16.